The maximum atomic E-state index is 7.71. The number of aryl methyl sites for hydroxylation is 2. The molecule has 344 valence electrons. The molecule has 0 bridgehead atoms. The van der Waals surface area contributed by atoms with Gasteiger partial charge in [-0.25, -0.2) is 0 Å². The molecule has 2 aliphatic carbocycles. The van der Waals surface area contributed by atoms with Crippen LogP contribution in [0.5, 0.6) is 0 Å². The average Bonchev–Trinajstić information content (AvgIpc) is 3.33. The van der Waals surface area contributed by atoms with Gasteiger partial charge in [0.2, 0.25) is 0 Å². The highest BCUT2D eigenvalue weighted by atomic mass is 16.5. The third kappa shape index (κ3) is 15.9. The number of ether oxygens (including phenoxy) is 1. The summed E-state index contributed by atoms with van der Waals surface area (Å²) >= 11 is 0. The highest BCUT2D eigenvalue weighted by Crippen LogP contribution is 2.47. The van der Waals surface area contributed by atoms with E-state index in [1.165, 1.54) is 178 Å². The van der Waals surface area contributed by atoms with Gasteiger partial charge in [-0.3, -0.25) is 19.9 Å². The summed E-state index contributed by atoms with van der Waals surface area (Å²) in [4.78, 5) is 19.5. The minimum atomic E-state index is 0.0600. The Kier molecular flexibility index (Phi) is 21.6. The van der Waals surface area contributed by atoms with Crippen LogP contribution in [0.1, 0.15) is 229 Å². The molecule has 2 aliphatic rings. The van der Waals surface area contributed by atoms with Gasteiger partial charge in [0.15, 0.2) is 0 Å². The Morgan fingerprint density at radius 2 is 0.778 bits per heavy atom. The van der Waals surface area contributed by atoms with Gasteiger partial charge in [-0.15, -0.1) is 0 Å². The number of hydrogen-bond acceptors (Lipinski definition) is 5. The van der Waals surface area contributed by atoms with Gasteiger partial charge in [0.1, 0.15) is 0 Å². The van der Waals surface area contributed by atoms with E-state index in [-0.39, 0.29) is 12.2 Å². The van der Waals surface area contributed by atoms with E-state index in [0.717, 1.165) is 58.6 Å². The molecule has 2 saturated carbocycles. The van der Waals surface area contributed by atoms with Gasteiger partial charge in [0.05, 0.1) is 47.4 Å². The lowest BCUT2D eigenvalue weighted by atomic mass is 9.75. The topological polar surface area (TPSA) is 60.8 Å². The van der Waals surface area contributed by atoms with Crippen LogP contribution in [-0.2, 0) is 17.6 Å². The van der Waals surface area contributed by atoms with E-state index < -0.39 is 0 Å². The summed E-state index contributed by atoms with van der Waals surface area (Å²) in [7, 11) is 0. The monoisotopic (exact) mass is 855 g/mol. The summed E-state index contributed by atoms with van der Waals surface area (Å²) in [5.41, 5.74) is 9.03. The van der Waals surface area contributed by atoms with Crippen molar-refractivity contribution in [3.8, 4) is 22.5 Å². The quantitative estimate of drug-likeness (QED) is 0.0533. The van der Waals surface area contributed by atoms with Gasteiger partial charge in [0.25, 0.3) is 0 Å². The van der Waals surface area contributed by atoms with Gasteiger partial charge < -0.3 is 4.74 Å². The van der Waals surface area contributed by atoms with Crippen LogP contribution >= 0.6 is 0 Å². The Labute approximate surface area is 384 Å². The van der Waals surface area contributed by atoms with Gasteiger partial charge in [-0.05, 0) is 86.2 Å². The first kappa shape index (κ1) is 49.0. The molecule has 4 aromatic rings. The fourth-order valence-electron chi connectivity index (χ4n) is 10.9. The molecule has 2 unspecified atom stereocenters. The lowest BCUT2D eigenvalue weighted by Gasteiger charge is -2.40. The molecule has 2 aromatic carbocycles. The van der Waals surface area contributed by atoms with Crippen molar-refractivity contribution in [2.75, 3.05) is 0 Å². The highest BCUT2D eigenvalue weighted by molar-refractivity contribution is 5.59. The van der Waals surface area contributed by atoms with Crippen molar-refractivity contribution in [1.29, 1.82) is 0 Å². The lowest BCUT2D eigenvalue weighted by molar-refractivity contribution is -0.0907. The SMILES string of the molecule is CCCCCCCCCc1cnc(-c2ccc(C(OC(c3ccc(-c4cnc(CCCCCCCCC)cn4)cc3)[C@H]3CC[C@H](CCC)CC3)[C@H]3CC[C@H](CCC)CC3)cc2)cn1. The summed E-state index contributed by atoms with van der Waals surface area (Å²) in [5, 5.41) is 0. The van der Waals surface area contributed by atoms with Crippen LogP contribution < -0.4 is 0 Å². The summed E-state index contributed by atoms with van der Waals surface area (Å²) in [6, 6.07) is 18.5. The van der Waals surface area contributed by atoms with E-state index in [4.69, 9.17) is 24.7 Å². The van der Waals surface area contributed by atoms with Crippen molar-refractivity contribution < 1.29 is 4.74 Å². The molecule has 63 heavy (non-hydrogen) atoms. The molecule has 0 amide bonds. The number of unbranched alkanes of at least 4 members (excludes halogenated alkanes) is 12. The van der Waals surface area contributed by atoms with E-state index in [9.17, 15) is 0 Å². The second kappa shape index (κ2) is 27.8. The summed E-state index contributed by atoms with van der Waals surface area (Å²) in [6.07, 6.45) is 44.1. The molecule has 0 saturated heterocycles. The van der Waals surface area contributed by atoms with Gasteiger partial charge in [-0.2, -0.15) is 0 Å². The summed E-state index contributed by atoms with van der Waals surface area (Å²) in [5.74, 6) is 2.75. The molecular formula is C58H86N4O. The second-order valence-corrected chi connectivity index (χ2v) is 19.9. The van der Waals surface area contributed by atoms with Crippen molar-refractivity contribution in [3.63, 3.8) is 0 Å². The molecule has 5 nitrogen and oxygen atoms in total. The number of rotatable bonds is 28. The summed E-state index contributed by atoms with van der Waals surface area (Å²) in [6.45, 7) is 9.26. The minimum Gasteiger partial charge on any atom is -0.365 e. The first-order chi connectivity index (χ1) is 31.1. The fraction of sp³-hybridized carbons (Fsp3) is 0.655. The van der Waals surface area contributed by atoms with Crippen LogP contribution in [0.25, 0.3) is 22.5 Å². The Hall–Kier alpha value is -3.44. The van der Waals surface area contributed by atoms with Crippen molar-refractivity contribution in [2.24, 2.45) is 23.7 Å². The number of benzene rings is 2. The van der Waals surface area contributed by atoms with Crippen LogP contribution in [-0.4, -0.2) is 19.9 Å². The average molecular weight is 855 g/mol. The predicted molar refractivity (Wildman–Crippen MR) is 266 cm³/mol. The number of hydrogen-bond donors (Lipinski definition) is 0. The molecule has 2 heterocycles. The maximum Gasteiger partial charge on any atom is 0.0885 e. The van der Waals surface area contributed by atoms with Crippen LogP contribution in [0.3, 0.4) is 0 Å². The number of aromatic nitrogens is 4. The second-order valence-electron chi connectivity index (χ2n) is 19.9. The Morgan fingerprint density at radius 1 is 0.413 bits per heavy atom. The Bertz CT molecular complexity index is 1640. The molecule has 2 aromatic heterocycles. The first-order valence-electron chi connectivity index (χ1n) is 26.6. The molecule has 0 N–H and O–H groups in total. The van der Waals surface area contributed by atoms with Crippen molar-refractivity contribution in [3.05, 3.63) is 95.8 Å². The molecule has 0 aliphatic heterocycles. The zero-order chi connectivity index (χ0) is 43.9. The number of nitrogens with zero attached hydrogens (tertiary/aromatic N) is 4. The molecule has 5 heteroatoms. The lowest BCUT2D eigenvalue weighted by Crippen LogP contribution is -2.28. The molecule has 0 radical (unpaired) electrons. The minimum absolute atomic E-state index is 0.0600. The normalized spacial score (nSPS) is 20.1. The third-order valence-corrected chi connectivity index (χ3v) is 14.9. The Morgan fingerprint density at radius 3 is 1.11 bits per heavy atom. The zero-order valence-corrected chi connectivity index (χ0v) is 40.4. The van der Waals surface area contributed by atoms with Gasteiger partial charge in [-0.1, -0.05) is 205 Å². The smallest absolute Gasteiger partial charge is 0.0885 e. The van der Waals surface area contributed by atoms with Crippen molar-refractivity contribution >= 4 is 0 Å². The standard InChI is InChI=1S/C58H86N4O/c1-5-9-11-13-15-17-19-23-53-41-61-55(43-59-53)47-33-37-51(38-34-47)57(49-29-25-45(21-7-3)26-30-49)63-58(50-31-27-46(22-8-4)28-32-50)52-39-35-48(36-40-52)56-44-60-54(42-62-56)24-20-18-16-14-12-10-6-2/h33-46,49-50,57-58H,5-32H2,1-4H3/t45-,46-,49-,50-,57?,58?. The first-order valence-corrected chi connectivity index (χ1v) is 26.6. The van der Waals surface area contributed by atoms with E-state index >= 15 is 0 Å². The van der Waals surface area contributed by atoms with Crippen LogP contribution in [0.2, 0.25) is 0 Å². The van der Waals surface area contributed by atoms with E-state index in [2.05, 4.69) is 76.2 Å². The molecular weight excluding hydrogens is 769 g/mol. The summed E-state index contributed by atoms with van der Waals surface area (Å²) < 4.78 is 7.71. The van der Waals surface area contributed by atoms with Gasteiger partial charge in [0, 0.05) is 23.5 Å². The van der Waals surface area contributed by atoms with E-state index in [1.54, 1.807) is 0 Å². The molecule has 6 rings (SSSR count). The molecule has 0 spiro atoms. The molecule has 2 fully saturated rings. The Balaban J connectivity index is 1.16. The largest absolute Gasteiger partial charge is 0.365 e. The van der Waals surface area contributed by atoms with Crippen molar-refractivity contribution in [1.82, 2.24) is 19.9 Å². The molecule has 2 atom stereocenters. The van der Waals surface area contributed by atoms with E-state index in [0.29, 0.717) is 11.8 Å². The maximum absolute atomic E-state index is 7.71. The van der Waals surface area contributed by atoms with Crippen molar-refractivity contribution in [2.45, 2.75) is 220 Å². The highest BCUT2D eigenvalue weighted by Gasteiger charge is 2.36. The van der Waals surface area contributed by atoms with Crippen LogP contribution in [0, 0.1) is 23.7 Å². The zero-order valence-electron chi connectivity index (χ0n) is 40.4. The third-order valence-electron chi connectivity index (χ3n) is 14.9. The predicted octanol–water partition coefficient (Wildman–Crippen LogP) is 17.2. The van der Waals surface area contributed by atoms with Crippen LogP contribution in [0.4, 0.5) is 0 Å². The van der Waals surface area contributed by atoms with Crippen LogP contribution in [0.15, 0.2) is 73.3 Å². The van der Waals surface area contributed by atoms with Gasteiger partial charge >= 0.3 is 0 Å². The fourth-order valence-corrected chi connectivity index (χ4v) is 10.9. The van der Waals surface area contributed by atoms with E-state index in [1.807, 2.05) is 24.8 Å².